The molecule has 0 atom stereocenters. The third-order valence-electron chi connectivity index (χ3n) is 5.75. The van der Waals surface area contributed by atoms with Gasteiger partial charge in [0.1, 0.15) is 0 Å². The minimum absolute atomic E-state index is 0.0130. The first kappa shape index (κ1) is 22.9. The van der Waals surface area contributed by atoms with E-state index < -0.39 is 5.41 Å². The van der Waals surface area contributed by atoms with Crippen LogP contribution in [0.5, 0.6) is 0 Å². The van der Waals surface area contributed by atoms with Gasteiger partial charge in [-0.15, -0.1) is 0 Å². The maximum Gasteiger partial charge on any atom is 0.252 e. The largest absolute Gasteiger partial charge is 0.396 e. The quantitative estimate of drug-likeness (QED) is 0.714. The van der Waals surface area contributed by atoms with E-state index in [1.807, 2.05) is 26.0 Å². The fraction of sp³-hybridized carbons (Fsp3) is 0.480. The van der Waals surface area contributed by atoms with E-state index >= 15 is 0 Å². The van der Waals surface area contributed by atoms with Gasteiger partial charge in [0.2, 0.25) is 5.91 Å². The van der Waals surface area contributed by atoms with Gasteiger partial charge in [0.15, 0.2) is 0 Å². The Morgan fingerprint density at radius 1 is 1.23 bits per heavy atom. The zero-order chi connectivity index (χ0) is 22.6. The van der Waals surface area contributed by atoms with Gasteiger partial charge in [-0.05, 0) is 36.0 Å². The highest BCUT2D eigenvalue weighted by Gasteiger charge is 2.25. The number of nitrogens with one attached hydrogen (secondary N) is 1. The average molecular weight is 424 g/mol. The molecule has 1 aromatic carbocycles. The molecule has 0 saturated heterocycles. The summed E-state index contributed by atoms with van der Waals surface area (Å²) < 4.78 is 0. The summed E-state index contributed by atoms with van der Waals surface area (Å²) in [6.07, 6.45) is 3.54. The molecular weight excluding hydrogens is 390 g/mol. The number of hydrogen-bond donors (Lipinski definition) is 2. The van der Waals surface area contributed by atoms with Crippen molar-refractivity contribution in [1.29, 1.82) is 0 Å². The van der Waals surface area contributed by atoms with Crippen molar-refractivity contribution in [2.75, 3.05) is 24.6 Å². The van der Waals surface area contributed by atoms with Crippen LogP contribution in [0.3, 0.4) is 0 Å². The number of rotatable bonds is 7. The van der Waals surface area contributed by atoms with Crippen molar-refractivity contribution < 1.29 is 14.7 Å². The van der Waals surface area contributed by atoms with Gasteiger partial charge in [-0.2, -0.15) is 0 Å². The Bertz CT molecular complexity index is 936. The Hall–Kier alpha value is -2.73. The predicted octanol–water partition coefficient (Wildman–Crippen LogP) is 3.48. The van der Waals surface area contributed by atoms with Gasteiger partial charge in [0.05, 0.1) is 23.4 Å². The molecule has 3 rings (SSSR count). The SMILES string of the molecule is CC(C)c1ccc(CC(=O)N2CCCc3ncc(C(=O)NCC(C)(C)CO)cc32)cc1. The van der Waals surface area contributed by atoms with Crippen molar-refractivity contribution in [2.45, 2.75) is 52.9 Å². The first-order valence-corrected chi connectivity index (χ1v) is 11.0. The monoisotopic (exact) mass is 423 g/mol. The number of fused-ring (bicyclic) bond motifs is 1. The number of aromatic nitrogens is 1. The highest BCUT2D eigenvalue weighted by Crippen LogP contribution is 2.27. The molecule has 166 valence electrons. The van der Waals surface area contributed by atoms with Gasteiger partial charge < -0.3 is 15.3 Å². The Kier molecular flexibility index (Phi) is 7.11. The fourth-order valence-corrected chi connectivity index (χ4v) is 3.58. The maximum atomic E-state index is 13.1. The number of aliphatic hydroxyl groups is 1. The molecule has 0 spiro atoms. The van der Waals surface area contributed by atoms with Gasteiger partial charge in [0.25, 0.3) is 5.91 Å². The van der Waals surface area contributed by atoms with Crippen molar-refractivity contribution in [3.63, 3.8) is 0 Å². The molecule has 2 heterocycles. The second-order valence-electron chi connectivity index (χ2n) is 9.42. The normalized spacial score (nSPS) is 13.8. The van der Waals surface area contributed by atoms with Crippen LogP contribution < -0.4 is 10.2 Å². The summed E-state index contributed by atoms with van der Waals surface area (Å²) in [6.45, 7) is 9.02. The topological polar surface area (TPSA) is 82.5 Å². The Morgan fingerprint density at radius 2 is 1.94 bits per heavy atom. The summed E-state index contributed by atoms with van der Waals surface area (Å²) in [5.74, 6) is 0.218. The molecule has 31 heavy (non-hydrogen) atoms. The molecule has 1 aromatic heterocycles. The highest BCUT2D eigenvalue weighted by molar-refractivity contribution is 5.99. The highest BCUT2D eigenvalue weighted by atomic mass is 16.3. The van der Waals surface area contributed by atoms with E-state index in [2.05, 4.69) is 36.3 Å². The lowest BCUT2D eigenvalue weighted by Gasteiger charge is -2.29. The molecule has 0 unspecified atom stereocenters. The van der Waals surface area contributed by atoms with Gasteiger partial charge in [-0.3, -0.25) is 14.6 Å². The second kappa shape index (κ2) is 9.60. The van der Waals surface area contributed by atoms with Crippen LogP contribution in [0.2, 0.25) is 0 Å². The Morgan fingerprint density at radius 3 is 2.58 bits per heavy atom. The van der Waals surface area contributed by atoms with Crippen LogP contribution in [0.25, 0.3) is 0 Å². The van der Waals surface area contributed by atoms with Crippen LogP contribution in [0.4, 0.5) is 5.69 Å². The molecule has 0 aliphatic carbocycles. The zero-order valence-corrected chi connectivity index (χ0v) is 18.9. The average Bonchev–Trinajstić information content (AvgIpc) is 2.77. The lowest BCUT2D eigenvalue weighted by molar-refractivity contribution is -0.118. The third kappa shape index (κ3) is 5.70. The molecule has 0 radical (unpaired) electrons. The van der Waals surface area contributed by atoms with Crippen LogP contribution in [-0.4, -0.2) is 41.6 Å². The number of benzene rings is 1. The second-order valence-corrected chi connectivity index (χ2v) is 9.42. The smallest absolute Gasteiger partial charge is 0.252 e. The molecule has 2 amide bonds. The summed E-state index contributed by atoms with van der Waals surface area (Å²) in [7, 11) is 0. The van der Waals surface area contributed by atoms with Crippen molar-refractivity contribution in [3.05, 3.63) is 58.9 Å². The third-order valence-corrected chi connectivity index (χ3v) is 5.75. The minimum atomic E-state index is -0.398. The number of pyridine rings is 1. The number of nitrogens with zero attached hydrogens (tertiary/aromatic N) is 2. The maximum absolute atomic E-state index is 13.1. The van der Waals surface area contributed by atoms with Crippen molar-refractivity contribution >= 4 is 17.5 Å². The predicted molar refractivity (Wildman–Crippen MR) is 122 cm³/mol. The van der Waals surface area contributed by atoms with E-state index in [-0.39, 0.29) is 18.4 Å². The molecule has 1 aliphatic heterocycles. The number of carbonyl (C=O) groups excluding carboxylic acids is 2. The molecule has 0 fully saturated rings. The number of carbonyl (C=O) groups is 2. The first-order chi connectivity index (χ1) is 14.7. The molecule has 6 heteroatoms. The van der Waals surface area contributed by atoms with E-state index in [1.54, 1.807) is 17.2 Å². The molecule has 0 saturated carbocycles. The van der Waals surface area contributed by atoms with Gasteiger partial charge in [0, 0.05) is 31.3 Å². The number of aliphatic hydroxyl groups excluding tert-OH is 1. The lowest BCUT2D eigenvalue weighted by atomic mass is 9.95. The van der Waals surface area contributed by atoms with Gasteiger partial charge in [-0.1, -0.05) is 52.0 Å². The zero-order valence-electron chi connectivity index (χ0n) is 18.9. The van der Waals surface area contributed by atoms with Crippen LogP contribution in [-0.2, 0) is 17.6 Å². The minimum Gasteiger partial charge on any atom is -0.396 e. The molecule has 0 bridgehead atoms. The van der Waals surface area contributed by atoms with Crippen LogP contribution in [0.15, 0.2) is 36.5 Å². The number of aryl methyl sites for hydroxylation is 1. The van der Waals surface area contributed by atoms with Crippen LogP contribution >= 0.6 is 0 Å². The molecular formula is C25H33N3O3. The summed E-state index contributed by atoms with van der Waals surface area (Å²) in [6, 6.07) is 9.96. The van der Waals surface area contributed by atoms with E-state index in [9.17, 15) is 14.7 Å². The van der Waals surface area contributed by atoms with Gasteiger partial charge in [-0.25, -0.2) is 0 Å². The first-order valence-electron chi connectivity index (χ1n) is 11.0. The van der Waals surface area contributed by atoms with Crippen molar-refractivity contribution in [1.82, 2.24) is 10.3 Å². The molecule has 2 N–H and O–H groups in total. The standard InChI is InChI=1S/C25H33N3O3/c1-17(2)19-9-7-18(8-10-19)12-23(30)28-11-5-6-21-22(28)13-20(14-26-21)24(31)27-15-25(3,4)16-29/h7-10,13-14,17,29H,5-6,11-12,15-16H2,1-4H3,(H,27,31). The summed E-state index contributed by atoms with van der Waals surface area (Å²) in [4.78, 5) is 31.9. The fourth-order valence-electron chi connectivity index (χ4n) is 3.58. The molecule has 2 aromatic rings. The number of anilines is 1. The number of hydrogen-bond acceptors (Lipinski definition) is 4. The van der Waals surface area contributed by atoms with E-state index in [4.69, 9.17) is 0 Å². The van der Waals surface area contributed by atoms with Crippen LogP contribution in [0.1, 0.15) is 67.2 Å². The molecule has 6 nitrogen and oxygen atoms in total. The van der Waals surface area contributed by atoms with Gasteiger partial charge >= 0.3 is 0 Å². The Labute approximate surface area is 184 Å². The van der Waals surface area contributed by atoms with Crippen molar-refractivity contribution in [2.24, 2.45) is 5.41 Å². The van der Waals surface area contributed by atoms with Crippen molar-refractivity contribution in [3.8, 4) is 0 Å². The summed E-state index contributed by atoms with van der Waals surface area (Å²) >= 11 is 0. The van der Waals surface area contributed by atoms with Crippen LogP contribution in [0, 0.1) is 5.41 Å². The van der Waals surface area contributed by atoms with E-state index in [0.717, 1.165) is 29.8 Å². The Balaban J connectivity index is 1.75. The summed E-state index contributed by atoms with van der Waals surface area (Å²) in [5.41, 5.74) is 3.84. The van der Waals surface area contributed by atoms with E-state index in [1.165, 1.54) is 5.56 Å². The van der Waals surface area contributed by atoms with E-state index in [0.29, 0.717) is 31.0 Å². The number of amides is 2. The lowest BCUT2D eigenvalue weighted by Crippen LogP contribution is -2.38. The molecule has 1 aliphatic rings. The summed E-state index contributed by atoms with van der Waals surface area (Å²) in [5, 5.41) is 12.2.